The van der Waals surface area contributed by atoms with Crippen molar-refractivity contribution in [1.29, 1.82) is 5.26 Å². The second-order valence-corrected chi connectivity index (χ2v) is 4.94. The molecule has 1 N–H and O–H groups in total. The predicted molar refractivity (Wildman–Crippen MR) is 88.8 cm³/mol. The molecule has 4 heteroatoms. The topological polar surface area (TPSA) is 65.8 Å². The fraction of sp³-hybridized carbons (Fsp3) is 0. The van der Waals surface area contributed by atoms with E-state index in [-0.39, 0.29) is 5.91 Å². The molecular weight excluding hydrogens is 286 g/mol. The van der Waals surface area contributed by atoms with Crippen molar-refractivity contribution in [3.05, 3.63) is 84.1 Å². The summed E-state index contributed by atoms with van der Waals surface area (Å²) in [6.07, 6.45) is 1.73. The largest absolute Gasteiger partial charge is 0.322 e. The van der Waals surface area contributed by atoms with Gasteiger partial charge in [0.25, 0.3) is 5.91 Å². The summed E-state index contributed by atoms with van der Waals surface area (Å²) in [5, 5.41) is 11.7. The molecule has 0 radical (unpaired) electrons. The van der Waals surface area contributed by atoms with Crippen molar-refractivity contribution in [2.24, 2.45) is 0 Å². The van der Waals surface area contributed by atoms with Crippen LogP contribution in [0.5, 0.6) is 0 Å². The van der Waals surface area contributed by atoms with Crippen LogP contribution in [0.3, 0.4) is 0 Å². The summed E-state index contributed by atoms with van der Waals surface area (Å²) in [4.78, 5) is 16.5. The highest BCUT2D eigenvalue weighted by atomic mass is 16.1. The van der Waals surface area contributed by atoms with E-state index in [0.29, 0.717) is 16.8 Å². The SMILES string of the molecule is N#Cc1cccc(NC(=O)c2ccc(-c3ccccn3)cc2)c1. The lowest BCUT2D eigenvalue weighted by Crippen LogP contribution is -2.11. The van der Waals surface area contributed by atoms with Crippen molar-refractivity contribution in [3.8, 4) is 17.3 Å². The molecule has 0 fully saturated rings. The van der Waals surface area contributed by atoms with Crippen LogP contribution in [0.15, 0.2) is 72.9 Å². The van der Waals surface area contributed by atoms with E-state index < -0.39 is 0 Å². The van der Waals surface area contributed by atoms with Gasteiger partial charge in [0.05, 0.1) is 17.3 Å². The molecule has 3 rings (SSSR count). The number of nitrogens with zero attached hydrogens (tertiary/aromatic N) is 2. The Kier molecular flexibility index (Phi) is 4.12. The molecule has 0 bridgehead atoms. The summed E-state index contributed by atoms with van der Waals surface area (Å²) >= 11 is 0. The fourth-order valence-corrected chi connectivity index (χ4v) is 2.20. The number of benzene rings is 2. The smallest absolute Gasteiger partial charge is 0.255 e. The molecule has 1 aromatic heterocycles. The molecule has 1 heterocycles. The lowest BCUT2D eigenvalue weighted by atomic mass is 10.1. The van der Waals surface area contributed by atoms with Crippen LogP contribution in [-0.2, 0) is 0 Å². The van der Waals surface area contributed by atoms with Gasteiger partial charge in [0, 0.05) is 23.0 Å². The summed E-state index contributed by atoms with van der Waals surface area (Å²) in [6.45, 7) is 0. The minimum Gasteiger partial charge on any atom is -0.322 e. The summed E-state index contributed by atoms with van der Waals surface area (Å²) in [7, 11) is 0. The number of pyridine rings is 1. The number of anilines is 1. The molecule has 0 spiro atoms. The van der Waals surface area contributed by atoms with Crippen molar-refractivity contribution >= 4 is 11.6 Å². The van der Waals surface area contributed by atoms with Gasteiger partial charge in [-0.2, -0.15) is 5.26 Å². The third-order valence-electron chi connectivity index (χ3n) is 3.36. The Hall–Kier alpha value is -3.45. The van der Waals surface area contributed by atoms with Crippen molar-refractivity contribution in [2.75, 3.05) is 5.32 Å². The number of carbonyl (C=O) groups excluding carboxylic acids is 1. The van der Waals surface area contributed by atoms with Crippen LogP contribution < -0.4 is 5.32 Å². The first-order valence-corrected chi connectivity index (χ1v) is 7.09. The number of carbonyl (C=O) groups is 1. The Morgan fingerprint density at radius 1 is 1.00 bits per heavy atom. The first kappa shape index (κ1) is 14.5. The number of rotatable bonds is 3. The zero-order valence-electron chi connectivity index (χ0n) is 12.2. The van der Waals surface area contributed by atoms with E-state index in [9.17, 15) is 4.79 Å². The average Bonchev–Trinajstić information content (AvgIpc) is 2.63. The number of nitrogens with one attached hydrogen (secondary N) is 1. The van der Waals surface area contributed by atoms with Crippen molar-refractivity contribution < 1.29 is 4.79 Å². The van der Waals surface area contributed by atoms with Gasteiger partial charge in [0.1, 0.15) is 0 Å². The van der Waals surface area contributed by atoms with Gasteiger partial charge in [-0.1, -0.05) is 24.3 Å². The van der Waals surface area contributed by atoms with Crippen LogP contribution in [0.2, 0.25) is 0 Å². The van der Waals surface area contributed by atoms with Crippen LogP contribution in [0, 0.1) is 11.3 Å². The van der Waals surface area contributed by atoms with Gasteiger partial charge < -0.3 is 5.32 Å². The summed E-state index contributed by atoms with van der Waals surface area (Å²) in [5.74, 6) is -0.215. The Morgan fingerprint density at radius 2 is 1.83 bits per heavy atom. The highest BCUT2D eigenvalue weighted by molar-refractivity contribution is 6.04. The molecule has 0 aliphatic heterocycles. The van der Waals surface area contributed by atoms with Gasteiger partial charge in [-0.3, -0.25) is 9.78 Å². The van der Waals surface area contributed by atoms with Crippen LogP contribution in [-0.4, -0.2) is 10.9 Å². The predicted octanol–water partition coefficient (Wildman–Crippen LogP) is 3.87. The highest BCUT2D eigenvalue weighted by Crippen LogP contribution is 2.18. The molecule has 0 aliphatic rings. The maximum absolute atomic E-state index is 12.3. The van der Waals surface area contributed by atoms with Crippen LogP contribution >= 0.6 is 0 Å². The number of amides is 1. The Bertz CT molecular complexity index is 865. The minimum absolute atomic E-state index is 0.215. The van der Waals surface area contributed by atoms with Crippen LogP contribution in [0.1, 0.15) is 15.9 Å². The van der Waals surface area contributed by atoms with Gasteiger partial charge in [0.15, 0.2) is 0 Å². The second kappa shape index (κ2) is 6.54. The Morgan fingerprint density at radius 3 is 2.52 bits per heavy atom. The number of nitriles is 1. The standard InChI is InChI=1S/C19H13N3O/c20-13-14-4-3-5-17(12-14)22-19(23)16-9-7-15(8-10-16)18-6-1-2-11-21-18/h1-12H,(H,22,23). The zero-order chi connectivity index (χ0) is 16.1. The second-order valence-electron chi connectivity index (χ2n) is 4.94. The molecule has 0 saturated carbocycles. The molecule has 2 aromatic carbocycles. The van der Waals surface area contributed by atoms with Gasteiger partial charge >= 0.3 is 0 Å². The lowest BCUT2D eigenvalue weighted by molar-refractivity contribution is 0.102. The molecule has 1 amide bonds. The van der Waals surface area contributed by atoms with E-state index in [1.165, 1.54) is 0 Å². The first-order chi connectivity index (χ1) is 11.3. The molecule has 0 unspecified atom stereocenters. The van der Waals surface area contributed by atoms with E-state index in [0.717, 1.165) is 11.3 Å². The number of hydrogen-bond donors (Lipinski definition) is 1. The maximum Gasteiger partial charge on any atom is 0.255 e. The van der Waals surface area contributed by atoms with Crippen LogP contribution in [0.4, 0.5) is 5.69 Å². The monoisotopic (exact) mass is 299 g/mol. The Balaban J connectivity index is 1.77. The third-order valence-corrected chi connectivity index (χ3v) is 3.36. The summed E-state index contributed by atoms with van der Waals surface area (Å²) in [5.41, 5.74) is 3.47. The van der Waals surface area contributed by atoms with E-state index in [2.05, 4.69) is 10.3 Å². The summed E-state index contributed by atoms with van der Waals surface area (Å²) < 4.78 is 0. The third kappa shape index (κ3) is 3.42. The normalized spacial score (nSPS) is 9.87. The van der Waals surface area contributed by atoms with Crippen molar-refractivity contribution in [3.63, 3.8) is 0 Å². The van der Waals surface area contributed by atoms with E-state index in [1.54, 1.807) is 42.6 Å². The van der Waals surface area contributed by atoms with Crippen molar-refractivity contribution in [1.82, 2.24) is 4.98 Å². The molecule has 23 heavy (non-hydrogen) atoms. The number of aromatic nitrogens is 1. The highest BCUT2D eigenvalue weighted by Gasteiger charge is 2.07. The molecule has 110 valence electrons. The fourth-order valence-electron chi connectivity index (χ4n) is 2.20. The molecule has 0 saturated heterocycles. The molecule has 0 atom stereocenters. The summed E-state index contributed by atoms with van der Waals surface area (Å²) in [6, 6.07) is 21.8. The quantitative estimate of drug-likeness (QED) is 0.798. The maximum atomic E-state index is 12.3. The van der Waals surface area contributed by atoms with Gasteiger partial charge in [0.2, 0.25) is 0 Å². The Labute approximate surface area is 134 Å². The lowest BCUT2D eigenvalue weighted by Gasteiger charge is -2.06. The van der Waals surface area contributed by atoms with E-state index in [1.807, 2.05) is 36.4 Å². The van der Waals surface area contributed by atoms with Crippen molar-refractivity contribution in [2.45, 2.75) is 0 Å². The van der Waals surface area contributed by atoms with E-state index in [4.69, 9.17) is 5.26 Å². The molecule has 0 aliphatic carbocycles. The van der Waals surface area contributed by atoms with Gasteiger partial charge in [-0.25, -0.2) is 0 Å². The van der Waals surface area contributed by atoms with Gasteiger partial charge in [-0.15, -0.1) is 0 Å². The minimum atomic E-state index is -0.215. The van der Waals surface area contributed by atoms with Crippen LogP contribution in [0.25, 0.3) is 11.3 Å². The van der Waals surface area contributed by atoms with E-state index >= 15 is 0 Å². The zero-order valence-corrected chi connectivity index (χ0v) is 12.2. The molecule has 4 nitrogen and oxygen atoms in total. The molecular formula is C19H13N3O. The van der Waals surface area contributed by atoms with Gasteiger partial charge in [-0.05, 0) is 42.5 Å². The number of hydrogen-bond acceptors (Lipinski definition) is 3. The first-order valence-electron chi connectivity index (χ1n) is 7.09. The molecule has 3 aromatic rings. The average molecular weight is 299 g/mol.